The molecule has 1 amide bonds. The number of aromatic nitrogens is 2. The van der Waals surface area contributed by atoms with Crippen LogP contribution in [0.25, 0.3) is 0 Å². The van der Waals surface area contributed by atoms with Gasteiger partial charge in [-0.25, -0.2) is 4.98 Å². The van der Waals surface area contributed by atoms with Crippen LogP contribution in [0.15, 0.2) is 16.1 Å². The van der Waals surface area contributed by atoms with Gasteiger partial charge in [0.25, 0.3) is 5.56 Å². The van der Waals surface area contributed by atoms with Crippen molar-refractivity contribution in [2.24, 2.45) is 0 Å². The topological polar surface area (TPSA) is 101 Å². The molecule has 1 aliphatic heterocycles. The van der Waals surface area contributed by atoms with Crippen molar-refractivity contribution in [2.45, 2.75) is 23.6 Å². The molecule has 0 aromatic carbocycles. The number of anilines is 1. The maximum Gasteiger partial charge on any atom is 0.307 e. The quantitative estimate of drug-likeness (QED) is 0.597. The monoisotopic (exact) mass is 269 g/mol. The summed E-state index contributed by atoms with van der Waals surface area (Å²) in [7, 11) is 0. The highest BCUT2D eigenvalue weighted by molar-refractivity contribution is 8.00. The van der Waals surface area contributed by atoms with E-state index in [9.17, 15) is 14.4 Å². The first-order chi connectivity index (χ1) is 8.61. The summed E-state index contributed by atoms with van der Waals surface area (Å²) >= 11 is 1.09. The predicted molar refractivity (Wildman–Crippen MR) is 64.4 cm³/mol. The van der Waals surface area contributed by atoms with E-state index < -0.39 is 16.8 Å². The van der Waals surface area contributed by atoms with Crippen LogP contribution in [0.3, 0.4) is 0 Å². The highest BCUT2D eigenvalue weighted by Gasteiger charge is 2.31. The van der Waals surface area contributed by atoms with Crippen LogP contribution in [-0.2, 0) is 14.3 Å². The molecule has 1 atom stereocenters. The normalized spacial score (nSPS) is 17.8. The Morgan fingerprint density at radius 2 is 2.33 bits per heavy atom. The molecule has 1 aliphatic rings. The lowest BCUT2D eigenvalue weighted by atomic mass is 10.2. The van der Waals surface area contributed by atoms with Gasteiger partial charge in [-0.2, -0.15) is 0 Å². The van der Waals surface area contributed by atoms with Gasteiger partial charge in [-0.3, -0.25) is 14.4 Å². The van der Waals surface area contributed by atoms with Gasteiger partial charge in [-0.05, 0) is 6.92 Å². The molecule has 1 unspecified atom stereocenters. The van der Waals surface area contributed by atoms with Crippen LogP contribution in [-0.4, -0.2) is 33.7 Å². The lowest BCUT2D eigenvalue weighted by molar-refractivity contribution is -0.143. The highest BCUT2D eigenvalue weighted by atomic mass is 32.2. The van der Waals surface area contributed by atoms with Crippen LogP contribution >= 0.6 is 11.8 Å². The van der Waals surface area contributed by atoms with Gasteiger partial charge in [0.15, 0.2) is 0 Å². The second kappa shape index (κ2) is 5.21. The van der Waals surface area contributed by atoms with Crippen LogP contribution < -0.4 is 10.9 Å². The number of nitrogens with one attached hydrogen (secondary N) is 2. The Balaban J connectivity index is 2.16. The van der Waals surface area contributed by atoms with Crippen LogP contribution in [0.5, 0.6) is 0 Å². The minimum Gasteiger partial charge on any atom is -0.466 e. The molecule has 96 valence electrons. The standard InChI is InChI=1S/C10H11N3O4S/c1-2-17-6(14)3-5-8(15)13-7-9(16)11-4-12-10(7)18-5/h4-5H,2-3H2,1H3,(H,13,15)(H,11,12,16). The van der Waals surface area contributed by atoms with Crippen LogP contribution in [0, 0.1) is 0 Å². The highest BCUT2D eigenvalue weighted by Crippen LogP contribution is 2.32. The van der Waals surface area contributed by atoms with Crippen molar-refractivity contribution in [3.63, 3.8) is 0 Å². The summed E-state index contributed by atoms with van der Waals surface area (Å²) in [5, 5.41) is 2.24. The van der Waals surface area contributed by atoms with E-state index >= 15 is 0 Å². The Morgan fingerprint density at radius 1 is 1.56 bits per heavy atom. The SMILES string of the molecule is CCOC(=O)CC1Sc2nc[nH]c(=O)c2NC1=O. The van der Waals surface area contributed by atoms with Crippen molar-refractivity contribution < 1.29 is 14.3 Å². The third-order valence-corrected chi connectivity index (χ3v) is 3.47. The maximum absolute atomic E-state index is 11.7. The molecule has 1 aromatic heterocycles. The van der Waals surface area contributed by atoms with Crippen LogP contribution in [0.1, 0.15) is 13.3 Å². The molecule has 0 aliphatic carbocycles. The van der Waals surface area contributed by atoms with Gasteiger partial charge in [0.05, 0.1) is 19.4 Å². The van der Waals surface area contributed by atoms with Gasteiger partial charge in [0.1, 0.15) is 16.0 Å². The molecular formula is C10H11N3O4S. The first-order valence-corrected chi connectivity index (χ1v) is 6.20. The number of H-pyrrole nitrogens is 1. The number of esters is 1. The summed E-state index contributed by atoms with van der Waals surface area (Å²) in [5.41, 5.74) is -0.275. The van der Waals surface area contributed by atoms with Crippen LogP contribution in [0.2, 0.25) is 0 Å². The van der Waals surface area contributed by atoms with Crippen molar-refractivity contribution >= 4 is 29.3 Å². The number of rotatable bonds is 3. The molecule has 8 heteroatoms. The Labute approximate surface area is 106 Å². The number of hydrogen-bond donors (Lipinski definition) is 2. The zero-order chi connectivity index (χ0) is 13.1. The van der Waals surface area contributed by atoms with E-state index in [2.05, 4.69) is 15.3 Å². The third-order valence-electron chi connectivity index (χ3n) is 2.27. The van der Waals surface area contributed by atoms with E-state index in [0.29, 0.717) is 5.03 Å². The van der Waals surface area contributed by atoms with E-state index in [1.165, 1.54) is 6.33 Å². The van der Waals surface area contributed by atoms with Gasteiger partial charge in [0, 0.05) is 0 Å². The van der Waals surface area contributed by atoms with E-state index in [4.69, 9.17) is 4.74 Å². The number of carbonyl (C=O) groups excluding carboxylic acids is 2. The lowest BCUT2D eigenvalue weighted by Crippen LogP contribution is -2.34. The first-order valence-electron chi connectivity index (χ1n) is 5.32. The van der Waals surface area contributed by atoms with Gasteiger partial charge in [-0.15, -0.1) is 0 Å². The van der Waals surface area contributed by atoms with E-state index in [1.807, 2.05) is 0 Å². The Morgan fingerprint density at radius 3 is 3.06 bits per heavy atom. The molecule has 2 rings (SSSR count). The third kappa shape index (κ3) is 2.53. The molecule has 2 heterocycles. The number of thioether (sulfide) groups is 1. The van der Waals surface area contributed by atoms with Crippen LogP contribution in [0.4, 0.5) is 5.69 Å². The molecule has 1 aromatic rings. The number of nitrogens with zero attached hydrogens (tertiary/aromatic N) is 1. The minimum atomic E-state index is -0.620. The second-order valence-electron chi connectivity index (χ2n) is 3.52. The van der Waals surface area contributed by atoms with Gasteiger partial charge >= 0.3 is 5.97 Å². The lowest BCUT2D eigenvalue weighted by Gasteiger charge is -2.21. The summed E-state index contributed by atoms with van der Waals surface area (Å²) in [6, 6.07) is 0. The molecule has 0 spiro atoms. The Hall–Kier alpha value is -1.83. The molecule has 0 fully saturated rings. The molecule has 18 heavy (non-hydrogen) atoms. The Bertz CT molecular complexity index is 542. The molecule has 2 N–H and O–H groups in total. The fourth-order valence-corrected chi connectivity index (χ4v) is 2.51. The Kier molecular flexibility index (Phi) is 3.66. The summed E-state index contributed by atoms with van der Waals surface area (Å²) in [6.07, 6.45) is 1.21. The average molecular weight is 269 g/mol. The largest absolute Gasteiger partial charge is 0.466 e. The zero-order valence-corrected chi connectivity index (χ0v) is 10.4. The summed E-state index contributed by atoms with van der Waals surface area (Å²) in [5.74, 6) is -0.836. The maximum atomic E-state index is 11.7. The zero-order valence-electron chi connectivity index (χ0n) is 9.56. The van der Waals surface area contributed by atoms with Crippen molar-refractivity contribution in [1.82, 2.24) is 9.97 Å². The number of carbonyl (C=O) groups is 2. The van der Waals surface area contributed by atoms with Gasteiger partial charge in [0.2, 0.25) is 5.91 Å². The number of fused-ring (bicyclic) bond motifs is 1. The molecular weight excluding hydrogens is 258 g/mol. The minimum absolute atomic E-state index is 0.0434. The van der Waals surface area contributed by atoms with Crippen molar-refractivity contribution in [2.75, 3.05) is 11.9 Å². The summed E-state index contributed by atoms with van der Waals surface area (Å²) in [6.45, 7) is 1.97. The molecule has 0 saturated carbocycles. The molecule has 0 bridgehead atoms. The fraction of sp³-hybridized carbons (Fsp3) is 0.400. The second-order valence-corrected chi connectivity index (χ2v) is 4.71. The molecule has 0 radical (unpaired) electrons. The van der Waals surface area contributed by atoms with E-state index in [-0.39, 0.29) is 24.6 Å². The number of amides is 1. The number of hydrogen-bond acceptors (Lipinski definition) is 6. The average Bonchev–Trinajstić information content (AvgIpc) is 2.32. The fourth-order valence-electron chi connectivity index (χ4n) is 1.48. The van der Waals surface area contributed by atoms with Crippen molar-refractivity contribution in [1.29, 1.82) is 0 Å². The smallest absolute Gasteiger partial charge is 0.307 e. The van der Waals surface area contributed by atoms with Gasteiger partial charge < -0.3 is 15.0 Å². The molecule has 0 saturated heterocycles. The number of ether oxygens (including phenoxy) is 1. The van der Waals surface area contributed by atoms with Crippen molar-refractivity contribution in [3.8, 4) is 0 Å². The predicted octanol–water partition coefficient (Wildman–Crippen LogP) is 0.136. The van der Waals surface area contributed by atoms with Crippen molar-refractivity contribution in [3.05, 3.63) is 16.7 Å². The van der Waals surface area contributed by atoms with E-state index in [0.717, 1.165) is 11.8 Å². The van der Waals surface area contributed by atoms with E-state index in [1.54, 1.807) is 6.92 Å². The first kappa shape index (κ1) is 12.6. The van der Waals surface area contributed by atoms with Gasteiger partial charge in [-0.1, -0.05) is 11.8 Å². The number of aromatic amines is 1. The summed E-state index contributed by atoms with van der Waals surface area (Å²) < 4.78 is 4.78. The summed E-state index contributed by atoms with van der Waals surface area (Å²) in [4.78, 5) is 40.8. The molecule has 7 nitrogen and oxygen atoms in total.